The maximum absolute atomic E-state index is 12.1. The molecule has 0 radical (unpaired) electrons. The summed E-state index contributed by atoms with van der Waals surface area (Å²) in [7, 11) is 0. The second-order valence-electron chi connectivity index (χ2n) is 5.49. The highest BCUT2D eigenvalue weighted by atomic mass is 16.5. The molecule has 3 rings (SSSR count). The number of benzene rings is 1. The summed E-state index contributed by atoms with van der Waals surface area (Å²) in [6.45, 7) is 1.15. The Labute approximate surface area is 129 Å². The highest BCUT2D eigenvalue weighted by Crippen LogP contribution is 2.18. The fourth-order valence-electron chi connectivity index (χ4n) is 2.65. The van der Waals surface area contributed by atoms with Crippen LogP contribution < -0.4 is 10.1 Å². The van der Waals surface area contributed by atoms with Gasteiger partial charge in [0.2, 0.25) is 0 Å². The summed E-state index contributed by atoms with van der Waals surface area (Å²) in [5.74, 6) is 0.749. The lowest BCUT2D eigenvalue weighted by Gasteiger charge is -2.12. The van der Waals surface area contributed by atoms with Gasteiger partial charge >= 0.3 is 0 Å². The molecule has 1 saturated carbocycles. The highest BCUT2D eigenvalue weighted by molar-refractivity contribution is 5.94. The molecule has 1 aromatic heterocycles. The Morgan fingerprint density at radius 2 is 2.05 bits per heavy atom. The maximum Gasteiger partial charge on any atom is 0.251 e. The quantitative estimate of drug-likeness (QED) is 0.886. The van der Waals surface area contributed by atoms with Crippen LogP contribution in [0.3, 0.4) is 0 Å². The van der Waals surface area contributed by atoms with Gasteiger partial charge in [-0.25, -0.2) is 9.67 Å². The lowest BCUT2D eigenvalue weighted by atomic mass is 10.1. The molecule has 1 aliphatic rings. The van der Waals surface area contributed by atoms with Crippen molar-refractivity contribution in [2.75, 3.05) is 6.61 Å². The second-order valence-corrected chi connectivity index (χ2v) is 5.49. The summed E-state index contributed by atoms with van der Waals surface area (Å²) in [5, 5.41) is 7.08. The van der Waals surface area contributed by atoms with E-state index >= 15 is 0 Å². The van der Waals surface area contributed by atoms with Crippen molar-refractivity contribution in [2.45, 2.75) is 38.3 Å². The molecule has 0 spiro atoms. The van der Waals surface area contributed by atoms with Gasteiger partial charge in [-0.2, -0.15) is 5.10 Å². The van der Waals surface area contributed by atoms with Crippen molar-refractivity contribution in [3.63, 3.8) is 0 Å². The molecule has 0 aliphatic heterocycles. The van der Waals surface area contributed by atoms with Crippen molar-refractivity contribution in [1.29, 1.82) is 0 Å². The summed E-state index contributed by atoms with van der Waals surface area (Å²) in [6, 6.07) is 7.59. The van der Waals surface area contributed by atoms with Crippen molar-refractivity contribution in [1.82, 2.24) is 20.1 Å². The van der Waals surface area contributed by atoms with Crippen LogP contribution >= 0.6 is 0 Å². The first-order valence-electron chi connectivity index (χ1n) is 7.67. The standard InChI is InChI=1S/C16H20N4O2/c21-16(19-14-3-1-2-4-14)13-5-7-15(8-6-13)22-10-9-20-12-17-11-18-20/h5-8,11-12,14H,1-4,9-10H2,(H,19,21). The number of nitrogens with one attached hydrogen (secondary N) is 1. The zero-order valence-corrected chi connectivity index (χ0v) is 12.4. The van der Waals surface area contributed by atoms with E-state index < -0.39 is 0 Å². The fraction of sp³-hybridized carbons (Fsp3) is 0.438. The Morgan fingerprint density at radius 1 is 1.27 bits per heavy atom. The highest BCUT2D eigenvalue weighted by Gasteiger charge is 2.17. The third-order valence-electron chi connectivity index (χ3n) is 3.86. The van der Waals surface area contributed by atoms with Gasteiger partial charge < -0.3 is 10.1 Å². The van der Waals surface area contributed by atoms with E-state index in [1.807, 2.05) is 12.1 Å². The van der Waals surface area contributed by atoms with E-state index in [9.17, 15) is 4.79 Å². The van der Waals surface area contributed by atoms with Crippen molar-refractivity contribution in [3.05, 3.63) is 42.5 Å². The summed E-state index contributed by atoms with van der Waals surface area (Å²) in [6.07, 6.45) is 7.76. The molecule has 0 saturated heterocycles. The predicted molar refractivity (Wildman–Crippen MR) is 81.7 cm³/mol. The van der Waals surface area contributed by atoms with Gasteiger partial charge in [-0.15, -0.1) is 0 Å². The molecular formula is C16H20N4O2. The van der Waals surface area contributed by atoms with Crippen LogP contribution in [0, 0.1) is 0 Å². The minimum atomic E-state index is 0.000987. The average Bonchev–Trinajstić information content (AvgIpc) is 3.21. The molecule has 116 valence electrons. The molecular weight excluding hydrogens is 280 g/mol. The SMILES string of the molecule is O=C(NC1CCCC1)c1ccc(OCCn2cncn2)cc1. The number of carbonyl (C=O) groups is 1. The van der Waals surface area contributed by atoms with E-state index in [4.69, 9.17) is 4.74 Å². The summed E-state index contributed by atoms with van der Waals surface area (Å²) in [4.78, 5) is 16.0. The number of ether oxygens (including phenoxy) is 1. The molecule has 22 heavy (non-hydrogen) atoms. The van der Waals surface area contributed by atoms with Gasteiger partial charge in [0.1, 0.15) is 25.0 Å². The van der Waals surface area contributed by atoms with Crippen molar-refractivity contribution >= 4 is 5.91 Å². The fourth-order valence-corrected chi connectivity index (χ4v) is 2.65. The molecule has 0 unspecified atom stereocenters. The number of carbonyl (C=O) groups excluding carboxylic acids is 1. The summed E-state index contributed by atoms with van der Waals surface area (Å²) >= 11 is 0. The van der Waals surface area contributed by atoms with Crippen LogP contribution in [-0.4, -0.2) is 33.3 Å². The topological polar surface area (TPSA) is 69.0 Å². The maximum atomic E-state index is 12.1. The zero-order chi connectivity index (χ0) is 15.2. The number of amides is 1. The number of hydrogen-bond acceptors (Lipinski definition) is 4. The minimum Gasteiger partial charge on any atom is -0.492 e. The van der Waals surface area contributed by atoms with Gasteiger partial charge in [-0.05, 0) is 37.1 Å². The van der Waals surface area contributed by atoms with Gasteiger partial charge in [0.25, 0.3) is 5.91 Å². The monoisotopic (exact) mass is 300 g/mol. The second kappa shape index (κ2) is 7.06. The van der Waals surface area contributed by atoms with Crippen LogP contribution in [0.4, 0.5) is 0 Å². The van der Waals surface area contributed by atoms with Crippen LogP contribution in [-0.2, 0) is 6.54 Å². The normalized spacial score (nSPS) is 14.9. The molecule has 6 nitrogen and oxygen atoms in total. The molecule has 1 N–H and O–H groups in total. The Hall–Kier alpha value is -2.37. The van der Waals surface area contributed by atoms with E-state index in [0.29, 0.717) is 24.8 Å². The van der Waals surface area contributed by atoms with Crippen LogP contribution in [0.25, 0.3) is 0 Å². The van der Waals surface area contributed by atoms with Crippen LogP contribution in [0.15, 0.2) is 36.9 Å². The van der Waals surface area contributed by atoms with Crippen molar-refractivity contribution < 1.29 is 9.53 Å². The average molecular weight is 300 g/mol. The first kappa shape index (κ1) is 14.6. The van der Waals surface area contributed by atoms with Gasteiger partial charge in [0.15, 0.2) is 0 Å². The molecule has 1 heterocycles. The Bertz CT molecular complexity index is 589. The van der Waals surface area contributed by atoms with E-state index in [2.05, 4.69) is 15.4 Å². The van der Waals surface area contributed by atoms with E-state index in [-0.39, 0.29) is 5.91 Å². The lowest BCUT2D eigenvalue weighted by molar-refractivity contribution is 0.0938. The molecule has 1 fully saturated rings. The molecule has 1 aromatic carbocycles. The van der Waals surface area contributed by atoms with Crippen molar-refractivity contribution in [3.8, 4) is 5.75 Å². The van der Waals surface area contributed by atoms with Crippen LogP contribution in [0.5, 0.6) is 5.75 Å². The number of hydrogen-bond donors (Lipinski definition) is 1. The largest absolute Gasteiger partial charge is 0.492 e. The molecule has 2 aromatic rings. The zero-order valence-electron chi connectivity index (χ0n) is 12.4. The minimum absolute atomic E-state index is 0.000987. The number of nitrogens with zero attached hydrogens (tertiary/aromatic N) is 3. The Morgan fingerprint density at radius 3 is 2.73 bits per heavy atom. The predicted octanol–water partition coefficient (Wildman–Crippen LogP) is 2.03. The lowest BCUT2D eigenvalue weighted by Crippen LogP contribution is -2.32. The third-order valence-corrected chi connectivity index (χ3v) is 3.86. The van der Waals surface area contributed by atoms with E-state index in [0.717, 1.165) is 18.6 Å². The number of aromatic nitrogens is 3. The van der Waals surface area contributed by atoms with Gasteiger partial charge in [0.05, 0.1) is 6.54 Å². The summed E-state index contributed by atoms with van der Waals surface area (Å²) < 4.78 is 7.34. The van der Waals surface area contributed by atoms with Gasteiger partial charge in [-0.1, -0.05) is 12.8 Å². The molecule has 1 amide bonds. The molecule has 6 heteroatoms. The number of rotatable bonds is 6. The molecule has 1 aliphatic carbocycles. The van der Waals surface area contributed by atoms with E-state index in [1.165, 1.54) is 19.2 Å². The van der Waals surface area contributed by atoms with Gasteiger partial charge in [0, 0.05) is 11.6 Å². The van der Waals surface area contributed by atoms with Crippen LogP contribution in [0.2, 0.25) is 0 Å². The van der Waals surface area contributed by atoms with E-state index in [1.54, 1.807) is 23.1 Å². The molecule has 0 atom stereocenters. The Kier molecular flexibility index (Phi) is 4.68. The van der Waals surface area contributed by atoms with Gasteiger partial charge in [-0.3, -0.25) is 4.79 Å². The first-order chi connectivity index (χ1) is 10.8. The van der Waals surface area contributed by atoms with Crippen LogP contribution in [0.1, 0.15) is 36.0 Å². The van der Waals surface area contributed by atoms with Crippen molar-refractivity contribution in [2.24, 2.45) is 0 Å². The summed E-state index contributed by atoms with van der Waals surface area (Å²) in [5.41, 5.74) is 0.676. The smallest absolute Gasteiger partial charge is 0.251 e. The first-order valence-corrected chi connectivity index (χ1v) is 7.67. The Balaban J connectivity index is 1.47. The third kappa shape index (κ3) is 3.84. The molecule has 0 bridgehead atoms.